The zero-order chi connectivity index (χ0) is 21.3. The zero-order valence-corrected chi connectivity index (χ0v) is 19.0. The van der Waals surface area contributed by atoms with Crippen molar-refractivity contribution >= 4 is 14.0 Å². The molecule has 0 unspecified atom stereocenters. The van der Waals surface area contributed by atoms with Gasteiger partial charge in [-0.1, -0.05) is 20.8 Å². The van der Waals surface area contributed by atoms with Crippen LogP contribution >= 0.6 is 0 Å². The highest BCUT2D eigenvalue weighted by molar-refractivity contribution is 6.74. The van der Waals surface area contributed by atoms with Crippen molar-refractivity contribution in [2.24, 2.45) is 0 Å². The van der Waals surface area contributed by atoms with Gasteiger partial charge in [0, 0.05) is 20.0 Å². The topological polar surface area (TPSA) is 105 Å². The average Bonchev–Trinajstić information content (AvgIpc) is 3.04. The Morgan fingerprint density at radius 1 is 1.21 bits per heavy atom. The molecule has 2 aromatic heterocycles. The van der Waals surface area contributed by atoms with Crippen LogP contribution in [0.4, 0.5) is 5.69 Å². The molecule has 0 atom stereocenters. The highest BCUT2D eigenvalue weighted by atomic mass is 28.4. The van der Waals surface area contributed by atoms with Crippen molar-refractivity contribution in [1.29, 1.82) is 0 Å². The summed E-state index contributed by atoms with van der Waals surface area (Å²) in [5.74, 6) is 0.799. The van der Waals surface area contributed by atoms with Gasteiger partial charge in [0.25, 0.3) is 0 Å². The third kappa shape index (κ3) is 4.61. The molecule has 0 N–H and O–H groups in total. The fourth-order valence-corrected chi connectivity index (χ4v) is 3.55. The molecule has 0 fully saturated rings. The van der Waals surface area contributed by atoms with E-state index in [0.717, 1.165) is 0 Å². The Morgan fingerprint density at radius 3 is 2.36 bits per heavy atom. The van der Waals surface area contributed by atoms with E-state index in [0.29, 0.717) is 36.2 Å². The molecule has 0 bridgehead atoms. The van der Waals surface area contributed by atoms with Crippen LogP contribution in [0.2, 0.25) is 18.1 Å². The lowest BCUT2D eigenvalue weighted by molar-refractivity contribution is -0.386. The summed E-state index contributed by atoms with van der Waals surface area (Å²) in [6.45, 7) is 16.8. The molecule has 2 rings (SSSR count). The van der Waals surface area contributed by atoms with Crippen LogP contribution in [0.5, 0.6) is 5.88 Å². The number of nitro groups is 1. The smallest absolute Gasteiger partial charge is 0.353 e. The second kappa shape index (κ2) is 8.04. The minimum atomic E-state index is -1.82. The molecule has 0 aliphatic carbocycles. The molecule has 28 heavy (non-hydrogen) atoms. The van der Waals surface area contributed by atoms with Gasteiger partial charge in [0.15, 0.2) is 14.2 Å². The molecule has 0 aromatic carbocycles. The van der Waals surface area contributed by atoms with Crippen molar-refractivity contribution in [3.05, 3.63) is 27.4 Å². The fraction of sp³-hybridized carbons (Fsp3) is 0.667. The van der Waals surface area contributed by atoms with E-state index in [-0.39, 0.29) is 23.2 Å². The molecule has 0 saturated carbocycles. The Bertz CT molecular complexity index is 851. The van der Waals surface area contributed by atoms with Crippen LogP contribution < -0.4 is 4.74 Å². The summed E-state index contributed by atoms with van der Waals surface area (Å²) in [5, 5.41) is 15.9. The maximum absolute atomic E-state index is 11.5. The van der Waals surface area contributed by atoms with Crippen LogP contribution in [0, 0.1) is 30.9 Å². The molecule has 0 aliphatic heterocycles. The van der Waals surface area contributed by atoms with Crippen molar-refractivity contribution in [2.45, 2.75) is 66.1 Å². The largest absolute Gasteiger partial charge is 0.472 e. The third-order valence-electron chi connectivity index (χ3n) is 5.10. The highest BCUT2D eigenvalue weighted by Crippen LogP contribution is 2.36. The van der Waals surface area contributed by atoms with Crippen LogP contribution in [-0.2, 0) is 4.43 Å². The second-order valence-corrected chi connectivity index (χ2v) is 13.2. The van der Waals surface area contributed by atoms with Crippen LogP contribution in [-0.4, -0.2) is 41.2 Å². The van der Waals surface area contributed by atoms with E-state index >= 15 is 0 Å². The lowest BCUT2D eigenvalue weighted by Crippen LogP contribution is -2.41. The number of aromatic nitrogens is 3. The van der Waals surface area contributed by atoms with E-state index in [2.05, 4.69) is 43.9 Å². The van der Waals surface area contributed by atoms with Crippen LogP contribution in [0.1, 0.15) is 44.5 Å². The molecule has 0 saturated heterocycles. The quantitative estimate of drug-likeness (QED) is 0.273. The minimum absolute atomic E-state index is 0.0247. The third-order valence-corrected chi connectivity index (χ3v) is 9.64. The van der Waals surface area contributed by atoms with E-state index in [1.165, 1.54) is 4.68 Å². The van der Waals surface area contributed by atoms with Gasteiger partial charge in [-0.05, 0) is 32.0 Å². The monoisotopic (exact) mass is 410 g/mol. The predicted molar refractivity (Wildman–Crippen MR) is 108 cm³/mol. The molecule has 2 heterocycles. The molecule has 0 radical (unpaired) electrons. The van der Waals surface area contributed by atoms with Gasteiger partial charge >= 0.3 is 11.6 Å². The molecule has 0 spiro atoms. The second-order valence-electron chi connectivity index (χ2n) is 8.34. The first-order valence-electron chi connectivity index (χ1n) is 9.30. The summed E-state index contributed by atoms with van der Waals surface area (Å²) in [6, 6.07) is 0. The highest BCUT2D eigenvalue weighted by Gasteiger charge is 2.37. The lowest BCUT2D eigenvalue weighted by atomic mass is 10.2. The van der Waals surface area contributed by atoms with Gasteiger partial charge < -0.3 is 13.6 Å². The van der Waals surface area contributed by atoms with Crippen molar-refractivity contribution in [2.75, 3.05) is 13.2 Å². The van der Waals surface area contributed by atoms with Crippen LogP contribution in [0.15, 0.2) is 4.42 Å². The van der Waals surface area contributed by atoms with E-state index in [1.807, 2.05) is 0 Å². The predicted octanol–water partition coefficient (Wildman–Crippen LogP) is 4.48. The standard InChI is InChI=1S/C18H30N4O5Si/c1-12-17(27-14(3)19-12)21-13(2)15(22(23)24)16(20-21)25-10-9-11-26-28(7,8)18(4,5)6/h9-11H2,1-8H3. The molecule has 0 aliphatic rings. The number of hydrogen-bond acceptors (Lipinski definition) is 7. The van der Waals surface area contributed by atoms with E-state index in [4.69, 9.17) is 13.6 Å². The van der Waals surface area contributed by atoms with E-state index in [1.54, 1.807) is 20.8 Å². The summed E-state index contributed by atoms with van der Waals surface area (Å²) >= 11 is 0. The summed E-state index contributed by atoms with van der Waals surface area (Å²) in [4.78, 5) is 15.2. The average molecular weight is 411 g/mol. The van der Waals surface area contributed by atoms with Crippen molar-refractivity contribution in [3.63, 3.8) is 0 Å². The first-order valence-corrected chi connectivity index (χ1v) is 12.2. The van der Waals surface area contributed by atoms with Gasteiger partial charge in [0.2, 0.25) is 5.88 Å². The summed E-state index contributed by atoms with van der Waals surface area (Å²) in [6.07, 6.45) is 0.621. The first-order chi connectivity index (χ1) is 12.8. The summed E-state index contributed by atoms with van der Waals surface area (Å²) in [7, 11) is -1.82. The maximum Gasteiger partial charge on any atom is 0.353 e. The number of oxazole rings is 1. The number of ether oxygens (including phenoxy) is 1. The Balaban J connectivity index is 2.09. The number of aryl methyl sites for hydroxylation is 2. The summed E-state index contributed by atoms with van der Waals surface area (Å²) in [5.41, 5.74) is 0.767. The van der Waals surface area contributed by atoms with Crippen molar-refractivity contribution in [3.8, 4) is 11.8 Å². The van der Waals surface area contributed by atoms with Crippen molar-refractivity contribution < 1.29 is 18.5 Å². The molecule has 10 heteroatoms. The van der Waals surface area contributed by atoms with Crippen LogP contribution in [0.25, 0.3) is 5.88 Å². The van der Waals surface area contributed by atoms with Crippen LogP contribution in [0.3, 0.4) is 0 Å². The van der Waals surface area contributed by atoms with Gasteiger partial charge in [0.1, 0.15) is 11.4 Å². The Morgan fingerprint density at radius 2 is 1.86 bits per heavy atom. The SMILES string of the molecule is Cc1nc(C)c(-n2nc(OCCCO[Si](C)(C)C(C)(C)C)c([N+](=O)[O-])c2C)o1. The normalized spacial score (nSPS) is 12.4. The van der Waals surface area contributed by atoms with Gasteiger partial charge in [-0.2, -0.15) is 4.68 Å². The number of hydrogen-bond donors (Lipinski definition) is 0. The number of rotatable bonds is 8. The Kier molecular flexibility index (Phi) is 6.34. The summed E-state index contributed by atoms with van der Waals surface area (Å²) < 4.78 is 18.6. The molecule has 156 valence electrons. The molecule has 9 nitrogen and oxygen atoms in total. The Labute approximate surface area is 166 Å². The van der Waals surface area contributed by atoms with E-state index < -0.39 is 13.2 Å². The molecule has 2 aromatic rings. The van der Waals surface area contributed by atoms with Gasteiger partial charge in [0.05, 0.1) is 11.5 Å². The van der Waals surface area contributed by atoms with Gasteiger partial charge in [-0.3, -0.25) is 10.1 Å². The van der Waals surface area contributed by atoms with Gasteiger partial charge in [-0.25, -0.2) is 4.98 Å². The van der Waals surface area contributed by atoms with E-state index in [9.17, 15) is 10.1 Å². The zero-order valence-electron chi connectivity index (χ0n) is 18.0. The lowest BCUT2D eigenvalue weighted by Gasteiger charge is -2.36. The van der Waals surface area contributed by atoms with Crippen molar-refractivity contribution in [1.82, 2.24) is 14.8 Å². The molecular formula is C18H30N4O5Si. The van der Waals surface area contributed by atoms with Gasteiger partial charge in [-0.15, -0.1) is 5.10 Å². The molecular weight excluding hydrogens is 380 g/mol. The number of nitrogens with zero attached hydrogens (tertiary/aromatic N) is 4. The maximum atomic E-state index is 11.5. The minimum Gasteiger partial charge on any atom is -0.472 e. The molecule has 0 amide bonds. The Hall–Kier alpha value is -2.20. The fourth-order valence-electron chi connectivity index (χ4n) is 2.46. The first kappa shape index (κ1) is 22.1.